The van der Waals surface area contributed by atoms with E-state index < -0.39 is 0 Å². The first-order valence-electron chi connectivity index (χ1n) is 13.1. The second kappa shape index (κ2) is 11.5. The molecule has 1 aliphatic rings. The molecule has 39 heavy (non-hydrogen) atoms. The standard InChI is InChI=1S/C31H32ClN5O2/c1-4-27(39)34-26-17-23(9-8-20(26)2)28-29-25(32)10-11-33-31(29)35-30(28)24-7-5-6-22(16-24)19-37-14-12-36(13-15-37)18-21(3)38/h4-11,16-17H,1,12-15,18-19H2,2-3H3,(H,33,35)(H,34,39). The van der Waals surface area contributed by atoms with Crippen molar-refractivity contribution in [2.45, 2.75) is 20.4 Å². The molecule has 2 aromatic heterocycles. The van der Waals surface area contributed by atoms with Gasteiger partial charge in [0.05, 0.1) is 17.3 Å². The molecule has 1 amide bonds. The van der Waals surface area contributed by atoms with Crippen LogP contribution in [0.1, 0.15) is 18.1 Å². The lowest BCUT2D eigenvalue weighted by Gasteiger charge is -2.34. The van der Waals surface area contributed by atoms with Gasteiger partial charge in [0.2, 0.25) is 5.91 Å². The minimum atomic E-state index is -0.260. The van der Waals surface area contributed by atoms with Gasteiger partial charge in [-0.1, -0.05) is 48.5 Å². The van der Waals surface area contributed by atoms with Crippen LogP contribution < -0.4 is 5.32 Å². The number of anilines is 1. The molecule has 1 aliphatic heterocycles. The minimum absolute atomic E-state index is 0.212. The molecule has 3 heterocycles. The number of amides is 1. The summed E-state index contributed by atoms with van der Waals surface area (Å²) in [4.78, 5) is 36.3. The number of aryl methyl sites for hydroxylation is 1. The maximum atomic E-state index is 12.1. The Hall–Kier alpha value is -3.78. The lowest BCUT2D eigenvalue weighted by Crippen LogP contribution is -2.47. The highest BCUT2D eigenvalue weighted by Crippen LogP contribution is 2.42. The van der Waals surface area contributed by atoms with Crippen LogP contribution in [0.5, 0.6) is 0 Å². The fraction of sp³-hybridized carbons (Fsp3) is 0.258. The van der Waals surface area contributed by atoms with Crippen LogP contribution >= 0.6 is 11.6 Å². The minimum Gasteiger partial charge on any atom is -0.339 e. The molecular formula is C31H32ClN5O2. The molecule has 8 heteroatoms. The number of carbonyl (C=O) groups excluding carboxylic acids is 2. The molecule has 1 saturated heterocycles. The third kappa shape index (κ3) is 5.96. The highest BCUT2D eigenvalue weighted by molar-refractivity contribution is 6.36. The summed E-state index contributed by atoms with van der Waals surface area (Å²) in [6, 6.07) is 16.3. The predicted molar refractivity (Wildman–Crippen MR) is 158 cm³/mol. The fourth-order valence-corrected chi connectivity index (χ4v) is 5.42. The third-order valence-corrected chi connectivity index (χ3v) is 7.46. The van der Waals surface area contributed by atoms with E-state index in [0.717, 1.165) is 71.7 Å². The van der Waals surface area contributed by atoms with Crippen molar-refractivity contribution in [1.82, 2.24) is 19.8 Å². The zero-order valence-electron chi connectivity index (χ0n) is 22.3. The fourth-order valence-electron chi connectivity index (χ4n) is 5.18. The highest BCUT2D eigenvalue weighted by Gasteiger charge is 2.21. The number of ketones is 1. The van der Waals surface area contributed by atoms with Gasteiger partial charge in [-0.3, -0.25) is 19.4 Å². The Bertz CT molecular complexity index is 1550. The maximum Gasteiger partial charge on any atom is 0.247 e. The number of carbonyl (C=O) groups is 2. The number of aromatic nitrogens is 2. The number of Topliss-reactive ketones (excluding diaryl/α,β-unsaturated/α-hetero) is 1. The first-order chi connectivity index (χ1) is 18.8. The SMILES string of the molecule is C=CC(=O)Nc1cc(-c2c(-c3cccc(CN4CCN(CC(C)=O)CC4)c3)[nH]c3nccc(Cl)c23)ccc1C. The summed E-state index contributed by atoms with van der Waals surface area (Å²) in [7, 11) is 0. The summed E-state index contributed by atoms with van der Waals surface area (Å²) in [5.41, 5.74) is 7.39. The van der Waals surface area contributed by atoms with Crippen LogP contribution in [0.15, 0.2) is 67.4 Å². The molecule has 0 atom stereocenters. The van der Waals surface area contributed by atoms with Crippen LogP contribution in [-0.4, -0.2) is 64.2 Å². The number of halogens is 1. The van der Waals surface area contributed by atoms with Crippen LogP contribution in [0.25, 0.3) is 33.4 Å². The van der Waals surface area contributed by atoms with E-state index in [1.807, 2.05) is 25.1 Å². The van der Waals surface area contributed by atoms with Crippen LogP contribution in [0, 0.1) is 6.92 Å². The molecule has 0 spiro atoms. The zero-order chi connectivity index (χ0) is 27.5. The Kier molecular flexibility index (Phi) is 7.93. The number of hydrogen-bond acceptors (Lipinski definition) is 5. The molecule has 7 nitrogen and oxygen atoms in total. The van der Waals surface area contributed by atoms with Crippen molar-refractivity contribution < 1.29 is 9.59 Å². The number of benzene rings is 2. The van der Waals surface area contributed by atoms with Gasteiger partial charge < -0.3 is 10.3 Å². The molecule has 0 bridgehead atoms. The van der Waals surface area contributed by atoms with Gasteiger partial charge >= 0.3 is 0 Å². The second-order valence-electron chi connectivity index (χ2n) is 10.1. The molecule has 2 N–H and O–H groups in total. The van der Waals surface area contributed by atoms with E-state index in [0.29, 0.717) is 17.2 Å². The van der Waals surface area contributed by atoms with Gasteiger partial charge in [-0.15, -0.1) is 0 Å². The normalized spacial score (nSPS) is 14.4. The topological polar surface area (TPSA) is 81.3 Å². The van der Waals surface area contributed by atoms with Gasteiger partial charge in [0.25, 0.3) is 0 Å². The largest absolute Gasteiger partial charge is 0.339 e. The Morgan fingerprint density at radius 2 is 1.85 bits per heavy atom. The first-order valence-corrected chi connectivity index (χ1v) is 13.4. The molecule has 1 fully saturated rings. The molecule has 0 saturated carbocycles. The van der Waals surface area contributed by atoms with E-state index in [1.54, 1.807) is 19.2 Å². The van der Waals surface area contributed by atoms with Gasteiger partial charge in [0.1, 0.15) is 11.4 Å². The summed E-state index contributed by atoms with van der Waals surface area (Å²) in [6.07, 6.45) is 2.96. The van der Waals surface area contributed by atoms with E-state index in [9.17, 15) is 9.59 Å². The van der Waals surface area contributed by atoms with Crippen molar-refractivity contribution in [2.24, 2.45) is 0 Å². The van der Waals surface area contributed by atoms with Gasteiger partial charge in [-0.25, -0.2) is 4.98 Å². The number of pyridine rings is 1. The Morgan fingerprint density at radius 1 is 1.08 bits per heavy atom. The second-order valence-corrected chi connectivity index (χ2v) is 10.5. The molecule has 0 radical (unpaired) electrons. The summed E-state index contributed by atoms with van der Waals surface area (Å²) in [5, 5.41) is 4.35. The lowest BCUT2D eigenvalue weighted by atomic mass is 9.96. The van der Waals surface area contributed by atoms with Crippen molar-refractivity contribution in [3.05, 3.63) is 83.5 Å². The Labute approximate surface area is 233 Å². The lowest BCUT2D eigenvalue weighted by molar-refractivity contribution is -0.118. The van der Waals surface area contributed by atoms with E-state index >= 15 is 0 Å². The highest BCUT2D eigenvalue weighted by atomic mass is 35.5. The molecule has 0 aliphatic carbocycles. The van der Waals surface area contributed by atoms with E-state index in [-0.39, 0.29) is 11.7 Å². The molecule has 200 valence electrons. The van der Waals surface area contributed by atoms with Crippen LogP contribution in [0.3, 0.4) is 0 Å². The van der Waals surface area contributed by atoms with Gasteiger partial charge in [-0.2, -0.15) is 0 Å². The zero-order valence-corrected chi connectivity index (χ0v) is 23.0. The number of nitrogens with one attached hydrogen (secondary N) is 2. The van der Waals surface area contributed by atoms with Gasteiger partial charge in [0.15, 0.2) is 0 Å². The Morgan fingerprint density at radius 3 is 2.59 bits per heavy atom. The summed E-state index contributed by atoms with van der Waals surface area (Å²) < 4.78 is 0. The summed E-state index contributed by atoms with van der Waals surface area (Å²) in [5.74, 6) is -0.0485. The number of rotatable bonds is 8. The van der Waals surface area contributed by atoms with Gasteiger partial charge in [0, 0.05) is 55.6 Å². The number of aromatic amines is 1. The van der Waals surface area contributed by atoms with Crippen molar-refractivity contribution in [3.8, 4) is 22.4 Å². The van der Waals surface area contributed by atoms with Crippen LogP contribution in [0.2, 0.25) is 5.02 Å². The number of hydrogen-bond donors (Lipinski definition) is 2. The van der Waals surface area contributed by atoms with Crippen molar-refractivity contribution in [2.75, 3.05) is 38.0 Å². The summed E-state index contributed by atoms with van der Waals surface area (Å²) >= 11 is 6.72. The van der Waals surface area contributed by atoms with Crippen molar-refractivity contribution in [1.29, 1.82) is 0 Å². The summed E-state index contributed by atoms with van der Waals surface area (Å²) in [6.45, 7) is 12.2. The van der Waals surface area contributed by atoms with Crippen molar-refractivity contribution >= 4 is 40.0 Å². The van der Waals surface area contributed by atoms with Crippen LogP contribution in [0.4, 0.5) is 5.69 Å². The number of piperazine rings is 1. The third-order valence-electron chi connectivity index (χ3n) is 7.15. The van der Waals surface area contributed by atoms with Crippen molar-refractivity contribution in [3.63, 3.8) is 0 Å². The average Bonchev–Trinajstić information content (AvgIpc) is 3.32. The predicted octanol–water partition coefficient (Wildman–Crippen LogP) is 5.69. The van der Waals surface area contributed by atoms with E-state index in [4.69, 9.17) is 11.6 Å². The number of fused-ring (bicyclic) bond motifs is 1. The Balaban J connectivity index is 1.50. The van der Waals surface area contributed by atoms with Gasteiger partial charge in [-0.05, 0) is 60.4 Å². The molecule has 2 aromatic carbocycles. The van der Waals surface area contributed by atoms with E-state index in [2.05, 4.69) is 55.9 Å². The average molecular weight is 542 g/mol. The van der Waals surface area contributed by atoms with Crippen LogP contribution in [-0.2, 0) is 16.1 Å². The molecular weight excluding hydrogens is 510 g/mol. The van der Waals surface area contributed by atoms with E-state index in [1.165, 1.54) is 11.6 Å². The maximum absolute atomic E-state index is 12.1. The smallest absolute Gasteiger partial charge is 0.247 e. The number of nitrogens with zero attached hydrogens (tertiary/aromatic N) is 3. The molecule has 4 aromatic rings. The molecule has 0 unspecified atom stereocenters. The number of H-pyrrole nitrogens is 1. The first kappa shape index (κ1) is 26.8. The quantitative estimate of drug-likeness (QED) is 0.280. The monoisotopic (exact) mass is 541 g/mol. The molecule has 5 rings (SSSR count).